The Morgan fingerprint density at radius 2 is 1.82 bits per heavy atom. The number of methoxy groups -OCH3 is 2. The van der Waals surface area contributed by atoms with Crippen LogP contribution in [0.3, 0.4) is 0 Å². The smallest absolute Gasteiger partial charge is 0.234 e. The Balaban J connectivity index is 1.66. The fourth-order valence-corrected chi connectivity index (χ4v) is 4.38. The van der Waals surface area contributed by atoms with E-state index in [0.29, 0.717) is 39.7 Å². The standard InChI is InChI=1S/C24H29ClN4O4S/c1-6-16-8-10-17(11-9-16)33-15(3)23-27-28-24(29(23)7-2)34-14-22(30)26-19-13-20(31-4)18(25)12-21(19)32-5/h8-13,15H,6-7,14H2,1-5H3,(H,26,30). The molecule has 0 fully saturated rings. The van der Waals surface area contributed by atoms with Gasteiger partial charge in [-0.25, -0.2) is 0 Å². The third kappa shape index (κ3) is 6.15. The second-order valence-corrected chi connectivity index (χ2v) is 8.72. The molecule has 3 aromatic rings. The van der Waals surface area contributed by atoms with E-state index in [-0.39, 0.29) is 17.8 Å². The molecule has 0 saturated heterocycles. The zero-order chi connectivity index (χ0) is 24.7. The number of amides is 1. The molecule has 8 nitrogen and oxygen atoms in total. The van der Waals surface area contributed by atoms with Crippen LogP contribution in [0.1, 0.15) is 38.3 Å². The lowest BCUT2D eigenvalue weighted by atomic mass is 10.2. The van der Waals surface area contributed by atoms with Crippen LogP contribution in [0.2, 0.25) is 5.02 Å². The molecule has 1 atom stereocenters. The van der Waals surface area contributed by atoms with Crippen LogP contribution < -0.4 is 19.5 Å². The fraction of sp³-hybridized carbons (Fsp3) is 0.375. The average molecular weight is 505 g/mol. The van der Waals surface area contributed by atoms with Crippen molar-refractivity contribution in [3.05, 3.63) is 52.8 Å². The molecule has 0 spiro atoms. The predicted molar refractivity (Wildman–Crippen MR) is 134 cm³/mol. The highest BCUT2D eigenvalue weighted by Gasteiger charge is 2.20. The lowest BCUT2D eigenvalue weighted by Crippen LogP contribution is -2.16. The van der Waals surface area contributed by atoms with Crippen LogP contribution in [0.25, 0.3) is 0 Å². The number of ether oxygens (including phenoxy) is 3. The quantitative estimate of drug-likeness (QED) is 0.350. The van der Waals surface area contributed by atoms with E-state index in [9.17, 15) is 4.79 Å². The zero-order valence-electron chi connectivity index (χ0n) is 19.9. The first kappa shape index (κ1) is 25.7. The molecule has 2 aromatic carbocycles. The molecule has 1 N–H and O–H groups in total. The SMILES string of the molecule is CCc1ccc(OC(C)c2nnc(SCC(=O)Nc3cc(OC)c(Cl)cc3OC)n2CC)cc1. The van der Waals surface area contributed by atoms with Gasteiger partial charge in [-0.05, 0) is 38.0 Å². The van der Waals surface area contributed by atoms with E-state index in [1.165, 1.54) is 31.5 Å². The number of benzene rings is 2. The first-order valence-electron chi connectivity index (χ1n) is 10.9. The number of anilines is 1. The molecule has 1 heterocycles. The summed E-state index contributed by atoms with van der Waals surface area (Å²) in [6.07, 6.45) is 0.681. The van der Waals surface area contributed by atoms with Gasteiger partial charge >= 0.3 is 0 Å². The molecule has 0 aliphatic heterocycles. The molecular formula is C24H29ClN4O4S. The van der Waals surface area contributed by atoms with E-state index in [2.05, 4.69) is 34.6 Å². The van der Waals surface area contributed by atoms with Gasteiger partial charge in [0.05, 0.1) is 30.7 Å². The molecule has 0 aliphatic carbocycles. The Morgan fingerprint density at radius 1 is 1.12 bits per heavy atom. The first-order chi connectivity index (χ1) is 16.4. The van der Waals surface area contributed by atoms with Gasteiger partial charge in [0.15, 0.2) is 17.1 Å². The molecule has 1 amide bonds. The molecule has 3 rings (SSSR count). The zero-order valence-corrected chi connectivity index (χ0v) is 21.5. The third-order valence-electron chi connectivity index (χ3n) is 5.15. The second kappa shape index (κ2) is 12.0. The Bertz CT molecular complexity index is 1120. The van der Waals surface area contributed by atoms with Crippen LogP contribution in [-0.4, -0.2) is 40.6 Å². The lowest BCUT2D eigenvalue weighted by Gasteiger charge is -2.16. The summed E-state index contributed by atoms with van der Waals surface area (Å²) in [4.78, 5) is 12.6. The number of halogens is 1. The number of nitrogens with zero attached hydrogens (tertiary/aromatic N) is 3. The molecule has 182 valence electrons. The van der Waals surface area contributed by atoms with Crippen molar-refractivity contribution < 1.29 is 19.0 Å². The van der Waals surface area contributed by atoms with E-state index in [1.54, 1.807) is 12.1 Å². The molecule has 0 bridgehead atoms. The van der Waals surface area contributed by atoms with Crippen LogP contribution in [0.5, 0.6) is 17.2 Å². The molecule has 0 aliphatic rings. The molecule has 1 unspecified atom stereocenters. The van der Waals surface area contributed by atoms with Gasteiger partial charge in [-0.15, -0.1) is 10.2 Å². The molecular weight excluding hydrogens is 476 g/mol. The number of hydrogen-bond donors (Lipinski definition) is 1. The van der Waals surface area contributed by atoms with Gasteiger partial charge in [-0.3, -0.25) is 4.79 Å². The van der Waals surface area contributed by atoms with Gasteiger partial charge in [-0.1, -0.05) is 42.4 Å². The van der Waals surface area contributed by atoms with Gasteiger partial charge in [0.2, 0.25) is 5.91 Å². The maximum atomic E-state index is 12.6. The van der Waals surface area contributed by atoms with Gasteiger partial charge in [0.1, 0.15) is 17.2 Å². The van der Waals surface area contributed by atoms with Gasteiger partial charge < -0.3 is 24.1 Å². The maximum Gasteiger partial charge on any atom is 0.234 e. The highest BCUT2D eigenvalue weighted by atomic mass is 35.5. The van der Waals surface area contributed by atoms with E-state index in [4.69, 9.17) is 25.8 Å². The van der Waals surface area contributed by atoms with Crippen molar-refractivity contribution in [2.45, 2.75) is 45.0 Å². The predicted octanol–water partition coefficient (Wildman–Crippen LogP) is 5.40. The Hall–Kier alpha value is -2.91. The monoisotopic (exact) mass is 504 g/mol. The lowest BCUT2D eigenvalue weighted by molar-refractivity contribution is -0.113. The summed E-state index contributed by atoms with van der Waals surface area (Å²) in [7, 11) is 3.02. The minimum atomic E-state index is -0.297. The first-order valence-corrected chi connectivity index (χ1v) is 12.3. The summed E-state index contributed by atoms with van der Waals surface area (Å²) in [6.45, 7) is 6.71. The van der Waals surface area contributed by atoms with Crippen LogP contribution in [0, 0.1) is 0 Å². The Kier molecular flexibility index (Phi) is 9.06. The largest absolute Gasteiger partial charge is 0.495 e. The van der Waals surface area contributed by atoms with Crippen molar-refractivity contribution in [2.75, 3.05) is 25.3 Å². The molecule has 0 radical (unpaired) electrons. The summed E-state index contributed by atoms with van der Waals surface area (Å²) in [5.41, 5.74) is 1.73. The third-order valence-corrected chi connectivity index (χ3v) is 6.41. The number of thioether (sulfide) groups is 1. The van der Waals surface area contributed by atoms with Crippen LogP contribution in [0.4, 0.5) is 5.69 Å². The highest BCUT2D eigenvalue weighted by Crippen LogP contribution is 2.36. The van der Waals surface area contributed by atoms with E-state index >= 15 is 0 Å². The van der Waals surface area contributed by atoms with Gasteiger partial charge in [0, 0.05) is 18.7 Å². The number of hydrogen-bond acceptors (Lipinski definition) is 7. The summed E-state index contributed by atoms with van der Waals surface area (Å²) in [6, 6.07) is 11.3. The fourth-order valence-electron chi connectivity index (χ4n) is 3.34. The number of nitrogens with one attached hydrogen (secondary N) is 1. The number of rotatable bonds is 11. The normalized spacial score (nSPS) is 11.7. The van der Waals surface area contributed by atoms with E-state index in [1.807, 2.05) is 30.5 Å². The van der Waals surface area contributed by atoms with Crippen molar-refractivity contribution >= 4 is 35.0 Å². The van der Waals surface area contributed by atoms with Crippen molar-refractivity contribution in [2.24, 2.45) is 0 Å². The highest BCUT2D eigenvalue weighted by molar-refractivity contribution is 7.99. The second-order valence-electron chi connectivity index (χ2n) is 7.37. The molecule has 0 saturated carbocycles. The minimum absolute atomic E-state index is 0.139. The van der Waals surface area contributed by atoms with Crippen molar-refractivity contribution in [3.63, 3.8) is 0 Å². The van der Waals surface area contributed by atoms with Crippen LogP contribution in [-0.2, 0) is 17.8 Å². The molecule has 1 aromatic heterocycles. The minimum Gasteiger partial charge on any atom is -0.495 e. The maximum absolute atomic E-state index is 12.6. The van der Waals surface area contributed by atoms with E-state index in [0.717, 1.165) is 12.2 Å². The van der Waals surface area contributed by atoms with Crippen molar-refractivity contribution in [3.8, 4) is 17.2 Å². The number of carbonyl (C=O) groups is 1. The van der Waals surface area contributed by atoms with E-state index < -0.39 is 0 Å². The summed E-state index contributed by atoms with van der Waals surface area (Å²) in [5.74, 6) is 2.28. The molecule has 34 heavy (non-hydrogen) atoms. The summed E-state index contributed by atoms with van der Waals surface area (Å²) in [5, 5.41) is 12.5. The van der Waals surface area contributed by atoms with Crippen LogP contribution >= 0.6 is 23.4 Å². The van der Waals surface area contributed by atoms with Crippen molar-refractivity contribution in [1.29, 1.82) is 0 Å². The number of aromatic nitrogens is 3. The molecule has 10 heteroatoms. The Labute approximate surface area is 209 Å². The summed E-state index contributed by atoms with van der Waals surface area (Å²) < 4.78 is 18.6. The van der Waals surface area contributed by atoms with Crippen molar-refractivity contribution in [1.82, 2.24) is 14.8 Å². The van der Waals surface area contributed by atoms with Gasteiger partial charge in [-0.2, -0.15) is 0 Å². The Morgan fingerprint density at radius 3 is 2.44 bits per heavy atom. The topological polar surface area (TPSA) is 87.5 Å². The number of carbonyl (C=O) groups excluding carboxylic acids is 1. The van der Waals surface area contributed by atoms with Gasteiger partial charge in [0.25, 0.3) is 0 Å². The number of aryl methyl sites for hydroxylation is 1. The summed E-state index contributed by atoms with van der Waals surface area (Å²) >= 11 is 7.43. The average Bonchev–Trinajstić information content (AvgIpc) is 3.27. The van der Waals surface area contributed by atoms with Crippen LogP contribution in [0.15, 0.2) is 41.6 Å².